The topological polar surface area (TPSA) is 75.3 Å². The second-order valence-corrected chi connectivity index (χ2v) is 8.20. The largest absolute Gasteiger partial charge is 0.496 e. The average Bonchev–Trinajstić information content (AvgIpc) is 3.06. The van der Waals surface area contributed by atoms with Crippen LogP contribution in [0.25, 0.3) is 0 Å². The number of hydrogen-bond acceptors (Lipinski definition) is 5. The highest BCUT2D eigenvalue weighted by atomic mass is 32.2. The number of aromatic amines is 1. The van der Waals surface area contributed by atoms with E-state index in [2.05, 4.69) is 21.2 Å². The normalized spacial score (nSPS) is 19.3. The number of benzene rings is 1. The number of para-hydroxylation sites is 1. The van der Waals surface area contributed by atoms with Crippen LogP contribution in [0.4, 0.5) is 0 Å². The zero-order chi connectivity index (χ0) is 17.2. The number of nitrogens with one attached hydrogen (secondary N) is 1. The van der Waals surface area contributed by atoms with Crippen LogP contribution in [0, 0.1) is 0 Å². The molecular weight excluding hydrogens is 326 g/mol. The minimum atomic E-state index is -3.29. The van der Waals surface area contributed by atoms with Crippen molar-refractivity contribution in [3.05, 3.63) is 41.7 Å². The van der Waals surface area contributed by atoms with Gasteiger partial charge >= 0.3 is 0 Å². The third kappa shape index (κ3) is 3.47. The summed E-state index contributed by atoms with van der Waals surface area (Å²) in [7, 11) is -1.62. The Morgan fingerprint density at radius 1 is 1.33 bits per heavy atom. The van der Waals surface area contributed by atoms with E-state index < -0.39 is 9.84 Å². The Kier molecular flexibility index (Phi) is 4.91. The molecule has 1 N–H and O–H groups in total. The van der Waals surface area contributed by atoms with Crippen LogP contribution in [0.5, 0.6) is 5.75 Å². The molecule has 0 saturated carbocycles. The second kappa shape index (κ2) is 6.94. The third-order valence-electron chi connectivity index (χ3n) is 4.54. The van der Waals surface area contributed by atoms with Crippen LogP contribution in [0.3, 0.4) is 0 Å². The van der Waals surface area contributed by atoms with Gasteiger partial charge in [0.05, 0.1) is 25.0 Å². The monoisotopic (exact) mass is 349 g/mol. The lowest BCUT2D eigenvalue weighted by Crippen LogP contribution is -2.34. The number of methoxy groups -OCH3 is 1. The Bertz CT molecular complexity index is 801. The number of nitrogens with zero attached hydrogens (tertiary/aromatic N) is 2. The summed E-state index contributed by atoms with van der Waals surface area (Å²) in [5, 5.41) is 6.91. The molecule has 1 aromatic heterocycles. The van der Waals surface area contributed by atoms with Crippen molar-refractivity contribution >= 4 is 9.84 Å². The summed E-state index contributed by atoms with van der Waals surface area (Å²) in [5.41, 5.74) is 1.81. The lowest BCUT2D eigenvalue weighted by atomic mass is 9.98. The molecule has 0 unspecified atom stereocenters. The van der Waals surface area contributed by atoms with E-state index in [1.807, 2.05) is 18.2 Å². The number of ether oxygens (including phenoxy) is 1. The van der Waals surface area contributed by atoms with E-state index in [1.54, 1.807) is 7.11 Å². The first-order valence-corrected chi connectivity index (χ1v) is 9.99. The van der Waals surface area contributed by atoms with Gasteiger partial charge in [-0.15, -0.1) is 0 Å². The number of piperidine rings is 1. The quantitative estimate of drug-likeness (QED) is 0.898. The van der Waals surface area contributed by atoms with Crippen molar-refractivity contribution in [3.8, 4) is 5.75 Å². The van der Waals surface area contributed by atoms with Gasteiger partial charge in [0.25, 0.3) is 0 Å². The van der Waals surface area contributed by atoms with Gasteiger partial charge < -0.3 is 4.74 Å². The number of rotatable bonds is 5. The van der Waals surface area contributed by atoms with E-state index in [-0.39, 0.29) is 6.04 Å². The summed E-state index contributed by atoms with van der Waals surface area (Å²) < 4.78 is 29.5. The van der Waals surface area contributed by atoms with Crippen LogP contribution in [0.15, 0.2) is 35.4 Å². The molecule has 1 aliphatic heterocycles. The highest BCUT2D eigenvalue weighted by Crippen LogP contribution is 2.35. The van der Waals surface area contributed by atoms with E-state index in [1.165, 1.54) is 12.5 Å². The zero-order valence-electron chi connectivity index (χ0n) is 14.0. The van der Waals surface area contributed by atoms with Crippen LogP contribution in [-0.2, 0) is 16.4 Å². The number of likely N-dealkylation sites (tertiary alicyclic amines) is 1. The van der Waals surface area contributed by atoms with Gasteiger partial charge in [-0.05, 0) is 25.5 Å². The predicted octanol–water partition coefficient (Wildman–Crippen LogP) is 2.55. The summed E-state index contributed by atoms with van der Waals surface area (Å²) in [6.07, 6.45) is 5.75. The number of hydrogen-bond donors (Lipinski definition) is 1. The van der Waals surface area contributed by atoms with Crippen molar-refractivity contribution in [3.63, 3.8) is 0 Å². The number of aromatic nitrogens is 2. The van der Waals surface area contributed by atoms with Gasteiger partial charge in [0.2, 0.25) is 0 Å². The van der Waals surface area contributed by atoms with Crippen molar-refractivity contribution in [2.24, 2.45) is 0 Å². The highest BCUT2D eigenvalue weighted by molar-refractivity contribution is 7.90. The van der Waals surface area contributed by atoms with Gasteiger partial charge in [0.1, 0.15) is 10.6 Å². The molecule has 1 atom stereocenters. The fourth-order valence-electron chi connectivity index (χ4n) is 3.38. The SMILES string of the molecule is COc1ccccc1CN1CCCC[C@H]1c1[nH]ncc1S(C)(=O)=O. The van der Waals surface area contributed by atoms with Gasteiger partial charge in [0, 0.05) is 18.4 Å². The molecule has 1 fully saturated rings. The molecule has 2 aromatic rings. The third-order valence-corrected chi connectivity index (χ3v) is 5.67. The van der Waals surface area contributed by atoms with Gasteiger partial charge in [-0.25, -0.2) is 8.42 Å². The predicted molar refractivity (Wildman–Crippen MR) is 91.7 cm³/mol. The fourth-order valence-corrected chi connectivity index (χ4v) is 4.20. The van der Waals surface area contributed by atoms with Crippen LogP contribution >= 0.6 is 0 Å². The van der Waals surface area contributed by atoms with Gasteiger partial charge in [-0.3, -0.25) is 10.00 Å². The molecule has 2 heterocycles. The molecule has 0 aliphatic carbocycles. The average molecular weight is 349 g/mol. The Hall–Kier alpha value is -1.86. The summed E-state index contributed by atoms with van der Waals surface area (Å²) in [6, 6.07) is 7.97. The van der Waals surface area contributed by atoms with Crippen molar-refractivity contribution in [1.29, 1.82) is 0 Å². The van der Waals surface area contributed by atoms with Crippen molar-refractivity contribution in [2.45, 2.75) is 36.7 Å². The molecule has 0 amide bonds. The minimum Gasteiger partial charge on any atom is -0.496 e. The van der Waals surface area contributed by atoms with Gasteiger partial charge in [0.15, 0.2) is 9.84 Å². The van der Waals surface area contributed by atoms with E-state index in [0.717, 1.165) is 43.7 Å². The first-order valence-electron chi connectivity index (χ1n) is 8.10. The maximum atomic E-state index is 12.0. The molecule has 6 nitrogen and oxygen atoms in total. The maximum Gasteiger partial charge on any atom is 0.178 e. The molecule has 1 aliphatic rings. The fraction of sp³-hybridized carbons (Fsp3) is 0.471. The number of H-pyrrole nitrogens is 1. The zero-order valence-corrected chi connectivity index (χ0v) is 14.8. The summed E-state index contributed by atoms with van der Waals surface area (Å²) in [5.74, 6) is 0.856. The standard InChI is InChI=1S/C17H23N3O3S/c1-23-15-9-4-3-7-13(15)12-20-10-6-5-8-14(20)17-16(11-18-19-17)24(2,21)22/h3-4,7,9,11,14H,5-6,8,10,12H2,1-2H3,(H,18,19)/t14-/m0/s1. The smallest absolute Gasteiger partial charge is 0.178 e. The molecule has 3 rings (SSSR count). The number of sulfone groups is 1. The van der Waals surface area contributed by atoms with Crippen LogP contribution in [-0.4, -0.2) is 43.4 Å². The summed E-state index contributed by atoms with van der Waals surface area (Å²) in [6.45, 7) is 1.64. The first-order chi connectivity index (χ1) is 11.5. The molecule has 24 heavy (non-hydrogen) atoms. The lowest BCUT2D eigenvalue weighted by molar-refractivity contribution is 0.134. The van der Waals surface area contributed by atoms with Gasteiger partial charge in [-0.1, -0.05) is 24.6 Å². The molecule has 7 heteroatoms. The molecule has 130 valence electrons. The van der Waals surface area contributed by atoms with Crippen LogP contribution < -0.4 is 4.74 Å². The van der Waals surface area contributed by atoms with E-state index >= 15 is 0 Å². The van der Waals surface area contributed by atoms with Crippen molar-refractivity contribution < 1.29 is 13.2 Å². The Morgan fingerprint density at radius 2 is 2.12 bits per heavy atom. The molecule has 0 bridgehead atoms. The highest BCUT2D eigenvalue weighted by Gasteiger charge is 2.30. The lowest BCUT2D eigenvalue weighted by Gasteiger charge is -2.35. The Labute approximate surface area is 142 Å². The van der Waals surface area contributed by atoms with Gasteiger partial charge in [-0.2, -0.15) is 5.10 Å². The van der Waals surface area contributed by atoms with Crippen molar-refractivity contribution in [1.82, 2.24) is 15.1 Å². The molecule has 1 aromatic carbocycles. The molecule has 0 spiro atoms. The maximum absolute atomic E-state index is 12.0. The Morgan fingerprint density at radius 3 is 2.88 bits per heavy atom. The molecule has 0 radical (unpaired) electrons. The molecular formula is C17H23N3O3S. The van der Waals surface area contributed by atoms with E-state index in [4.69, 9.17) is 4.74 Å². The second-order valence-electron chi connectivity index (χ2n) is 6.21. The first kappa shape index (κ1) is 17.0. The minimum absolute atomic E-state index is 0.0240. The molecule has 1 saturated heterocycles. The van der Waals surface area contributed by atoms with Crippen LogP contribution in [0.2, 0.25) is 0 Å². The van der Waals surface area contributed by atoms with E-state index in [9.17, 15) is 8.42 Å². The van der Waals surface area contributed by atoms with Crippen molar-refractivity contribution in [2.75, 3.05) is 19.9 Å². The summed E-state index contributed by atoms with van der Waals surface area (Å²) in [4.78, 5) is 2.61. The van der Waals surface area contributed by atoms with E-state index in [0.29, 0.717) is 10.6 Å². The summed E-state index contributed by atoms with van der Waals surface area (Å²) >= 11 is 0. The van der Waals surface area contributed by atoms with Crippen LogP contribution in [0.1, 0.15) is 36.6 Å². The Balaban J connectivity index is 1.91.